The summed E-state index contributed by atoms with van der Waals surface area (Å²) in [7, 11) is 0. The Hall–Kier alpha value is -1.43. The first-order valence-electron chi connectivity index (χ1n) is 5.40. The fourth-order valence-corrected chi connectivity index (χ4v) is 2.32. The summed E-state index contributed by atoms with van der Waals surface area (Å²) >= 11 is 1.32. The minimum Gasteiger partial charge on any atom is -0.481 e. The third-order valence-corrected chi connectivity index (χ3v) is 3.43. The smallest absolute Gasteiger partial charge is 0.305 e. The van der Waals surface area contributed by atoms with Crippen molar-refractivity contribution in [2.75, 3.05) is 0 Å². The fourth-order valence-electron chi connectivity index (χ4n) is 1.50. The monoisotopic (exact) mass is 256 g/mol. The van der Waals surface area contributed by atoms with Crippen LogP contribution >= 0.6 is 11.3 Å². The number of nitrogens with one attached hydrogen (secondary N) is 1. The average molecular weight is 256 g/mol. The van der Waals surface area contributed by atoms with Crippen molar-refractivity contribution in [3.05, 3.63) is 15.6 Å². The van der Waals surface area contributed by atoms with Gasteiger partial charge in [0.05, 0.1) is 17.1 Å². The number of carbonyl (C=O) groups is 2. The molecule has 1 amide bonds. The number of amides is 1. The van der Waals surface area contributed by atoms with Crippen LogP contribution in [0.1, 0.15) is 40.1 Å². The molecule has 6 heteroatoms. The molecule has 0 aliphatic rings. The zero-order chi connectivity index (χ0) is 13.0. The topological polar surface area (TPSA) is 79.3 Å². The summed E-state index contributed by atoms with van der Waals surface area (Å²) in [5, 5.41) is 12.2. The molecule has 0 saturated carbocycles. The van der Waals surface area contributed by atoms with E-state index in [2.05, 4.69) is 10.3 Å². The molecule has 94 valence electrons. The molecule has 0 aliphatic heterocycles. The maximum atomic E-state index is 11.9. The van der Waals surface area contributed by atoms with Crippen molar-refractivity contribution in [3.63, 3.8) is 0 Å². The van der Waals surface area contributed by atoms with E-state index in [1.165, 1.54) is 11.3 Å². The summed E-state index contributed by atoms with van der Waals surface area (Å²) in [6.45, 7) is 5.46. The van der Waals surface area contributed by atoms with Crippen LogP contribution in [0.15, 0.2) is 0 Å². The molecule has 1 unspecified atom stereocenters. The van der Waals surface area contributed by atoms with Gasteiger partial charge in [0.2, 0.25) is 0 Å². The molecular weight excluding hydrogens is 240 g/mol. The lowest BCUT2D eigenvalue weighted by molar-refractivity contribution is -0.137. The highest BCUT2D eigenvalue weighted by molar-refractivity contribution is 7.13. The van der Waals surface area contributed by atoms with Crippen molar-refractivity contribution in [2.45, 2.75) is 39.7 Å². The number of aryl methyl sites for hydroxylation is 2. The predicted molar refractivity (Wildman–Crippen MR) is 65.4 cm³/mol. The molecule has 1 atom stereocenters. The first-order chi connectivity index (χ1) is 7.93. The van der Waals surface area contributed by atoms with Crippen LogP contribution < -0.4 is 5.32 Å². The number of carboxylic acids is 1. The number of hydrogen-bond acceptors (Lipinski definition) is 4. The predicted octanol–water partition coefficient (Wildman–Crippen LogP) is 1.74. The molecule has 17 heavy (non-hydrogen) atoms. The van der Waals surface area contributed by atoms with Gasteiger partial charge in [-0.05, 0) is 20.3 Å². The lowest BCUT2D eigenvalue weighted by Crippen LogP contribution is -2.35. The van der Waals surface area contributed by atoms with Crippen LogP contribution in [-0.4, -0.2) is 28.0 Å². The van der Waals surface area contributed by atoms with E-state index in [4.69, 9.17) is 5.11 Å². The van der Waals surface area contributed by atoms with Crippen molar-refractivity contribution < 1.29 is 14.7 Å². The highest BCUT2D eigenvalue weighted by Crippen LogP contribution is 2.17. The van der Waals surface area contributed by atoms with Crippen molar-refractivity contribution in [3.8, 4) is 0 Å². The Morgan fingerprint density at radius 3 is 2.53 bits per heavy atom. The summed E-state index contributed by atoms with van der Waals surface area (Å²) in [6, 6.07) is -0.332. The molecule has 1 heterocycles. The second kappa shape index (κ2) is 5.77. The number of aromatic nitrogens is 1. The van der Waals surface area contributed by atoms with Crippen LogP contribution in [0.25, 0.3) is 0 Å². The van der Waals surface area contributed by atoms with Crippen molar-refractivity contribution in [2.24, 2.45) is 0 Å². The van der Waals surface area contributed by atoms with Gasteiger partial charge in [-0.15, -0.1) is 11.3 Å². The molecule has 5 nitrogen and oxygen atoms in total. The van der Waals surface area contributed by atoms with Gasteiger partial charge in [-0.1, -0.05) is 6.92 Å². The minimum absolute atomic E-state index is 0.0565. The van der Waals surface area contributed by atoms with E-state index in [0.29, 0.717) is 17.0 Å². The normalized spacial score (nSPS) is 12.2. The van der Waals surface area contributed by atoms with E-state index in [-0.39, 0.29) is 18.4 Å². The molecule has 0 saturated heterocycles. The Labute approximate surface area is 104 Å². The van der Waals surface area contributed by atoms with Gasteiger partial charge in [0, 0.05) is 6.04 Å². The highest BCUT2D eigenvalue weighted by Gasteiger charge is 2.18. The van der Waals surface area contributed by atoms with Gasteiger partial charge in [-0.3, -0.25) is 9.59 Å². The van der Waals surface area contributed by atoms with E-state index < -0.39 is 5.97 Å². The number of aliphatic carboxylic acids is 1. The third-order valence-electron chi connectivity index (χ3n) is 2.36. The number of carboxylic acid groups (broad SMARTS) is 1. The van der Waals surface area contributed by atoms with Crippen LogP contribution in [0.4, 0.5) is 0 Å². The standard InChI is InChI=1S/C11H16N2O3S/c1-4-8(5-9(14)15)13-11(16)10-6(2)12-7(3)17-10/h8H,4-5H2,1-3H3,(H,13,16)(H,14,15). The number of carbonyl (C=O) groups excluding carboxylic acids is 1. The van der Waals surface area contributed by atoms with Crippen LogP contribution in [0.2, 0.25) is 0 Å². The molecule has 1 rings (SSSR count). The molecular formula is C11H16N2O3S. The molecule has 0 radical (unpaired) electrons. The molecule has 0 bridgehead atoms. The molecule has 1 aromatic heterocycles. The van der Waals surface area contributed by atoms with Gasteiger partial charge in [0.1, 0.15) is 4.88 Å². The van der Waals surface area contributed by atoms with E-state index >= 15 is 0 Å². The third kappa shape index (κ3) is 3.81. The van der Waals surface area contributed by atoms with Gasteiger partial charge in [-0.25, -0.2) is 4.98 Å². The molecule has 0 aromatic carbocycles. The first-order valence-corrected chi connectivity index (χ1v) is 6.22. The fraction of sp³-hybridized carbons (Fsp3) is 0.545. The van der Waals surface area contributed by atoms with Crippen molar-refractivity contribution in [1.29, 1.82) is 0 Å². The van der Waals surface area contributed by atoms with Gasteiger partial charge in [0.25, 0.3) is 5.91 Å². The van der Waals surface area contributed by atoms with Crippen molar-refractivity contribution >= 4 is 23.2 Å². The summed E-state index contributed by atoms with van der Waals surface area (Å²) in [6.07, 6.45) is 0.536. The lowest BCUT2D eigenvalue weighted by atomic mass is 10.1. The highest BCUT2D eigenvalue weighted by atomic mass is 32.1. The Morgan fingerprint density at radius 2 is 2.12 bits per heavy atom. The Bertz CT molecular complexity index is 428. The van der Waals surface area contributed by atoms with Gasteiger partial charge in [0.15, 0.2) is 0 Å². The maximum Gasteiger partial charge on any atom is 0.305 e. The summed E-state index contributed by atoms with van der Waals surface area (Å²) < 4.78 is 0. The summed E-state index contributed by atoms with van der Waals surface area (Å²) in [5.74, 6) is -1.14. The van der Waals surface area contributed by atoms with Crippen LogP contribution in [0.5, 0.6) is 0 Å². The van der Waals surface area contributed by atoms with Crippen molar-refractivity contribution in [1.82, 2.24) is 10.3 Å². The van der Waals surface area contributed by atoms with E-state index in [1.807, 2.05) is 13.8 Å². The maximum absolute atomic E-state index is 11.9. The Balaban J connectivity index is 2.70. The second-order valence-electron chi connectivity index (χ2n) is 3.82. The van der Waals surface area contributed by atoms with E-state index in [1.54, 1.807) is 6.92 Å². The Morgan fingerprint density at radius 1 is 1.47 bits per heavy atom. The quantitative estimate of drug-likeness (QED) is 0.841. The lowest BCUT2D eigenvalue weighted by Gasteiger charge is -2.13. The zero-order valence-electron chi connectivity index (χ0n) is 10.1. The van der Waals surface area contributed by atoms with Crippen LogP contribution in [-0.2, 0) is 4.79 Å². The number of rotatable bonds is 5. The summed E-state index contributed by atoms with van der Waals surface area (Å²) in [5.41, 5.74) is 0.690. The molecule has 0 spiro atoms. The molecule has 0 fully saturated rings. The van der Waals surface area contributed by atoms with Gasteiger partial charge >= 0.3 is 5.97 Å². The van der Waals surface area contributed by atoms with Gasteiger partial charge in [-0.2, -0.15) is 0 Å². The number of hydrogen-bond donors (Lipinski definition) is 2. The molecule has 2 N–H and O–H groups in total. The first kappa shape index (κ1) is 13.6. The van der Waals surface area contributed by atoms with E-state index in [0.717, 1.165) is 5.01 Å². The molecule has 1 aromatic rings. The second-order valence-corrected chi connectivity index (χ2v) is 5.03. The van der Waals surface area contributed by atoms with Crippen LogP contribution in [0.3, 0.4) is 0 Å². The zero-order valence-corrected chi connectivity index (χ0v) is 10.9. The minimum atomic E-state index is -0.908. The van der Waals surface area contributed by atoms with Crippen LogP contribution in [0, 0.1) is 13.8 Å². The summed E-state index contributed by atoms with van der Waals surface area (Å²) in [4.78, 5) is 27.2. The van der Waals surface area contributed by atoms with Gasteiger partial charge < -0.3 is 10.4 Å². The SMILES string of the molecule is CCC(CC(=O)O)NC(=O)c1sc(C)nc1C. The number of nitrogens with zero attached hydrogens (tertiary/aromatic N) is 1. The molecule has 0 aliphatic carbocycles. The average Bonchev–Trinajstić information content (AvgIpc) is 2.56. The largest absolute Gasteiger partial charge is 0.481 e. The van der Waals surface area contributed by atoms with E-state index in [9.17, 15) is 9.59 Å². The Kier molecular flexibility index (Phi) is 4.62. The number of thiazole rings is 1.